The van der Waals surface area contributed by atoms with Crippen LogP contribution >= 0.6 is 0 Å². The molecular formula is C8H14O2. The second-order valence-corrected chi connectivity index (χ2v) is 3.46. The van der Waals surface area contributed by atoms with Crippen LogP contribution in [-0.2, 0) is 4.74 Å². The number of aliphatic hydroxyl groups is 1. The first kappa shape index (κ1) is 6.62. The molecule has 0 radical (unpaired) electrons. The van der Waals surface area contributed by atoms with E-state index in [-0.39, 0.29) is 12.2 Å². The number of rotatable bonds is 0. The molecule has 1 saturated carbocycles. The normalized spacial score (nSPS) is 47.1. The molecule has 3 unspecified atom stereocenters. The van der Waals surface area contributed by atoms with Gasteiger partial charge in [0.15, 0.2) is 0 Å². The van der Waals surface area contributed by atoms with Crippen molar-refractivity contribution in [3.05, 3.63) is 0 Å². The van der Waals surface area contributed by atoms with Gasteiger partial charge in [-0.05, 0) is 31.6 Å². The van der Waals surface area contributed by atoms with Gasteiger partial charge in [0.2, 0.25) is 0 Å². The van der Waals surface area contributed by atoms with Crippen LogP contribution in [0.25, 0.3) is 0 Å². The van der Waals surface area contributed by atoms with Gasteiger partial charge in [-0.25, -0.2) is 0 Å². The third kappa shape index (κ3) is 1.06. The second kappa shape index (κ2) is 2.51. The van der Waals surface area contributed by atoms with Gasteiger partial charge in [0, 0.05) is 6.61 Å². The van der Waals surface area contributed by atoms with Crippen molar-refractivity contribution in [2.45, 2.75) is 37.9 Å². The van der Waals surface area contributed by atoms with Gasteiger partial charge in [0.05, 0.1) is 12.2 Å². The zero-order valence-electron chi connectivity index (χ0n) is 6.12. The predicted octanol–water partition coefficient (Wildman–Crippen LogP) is 0.936. The van der Waals surface area contributed by atoms with Crippen molar-refractivity contribution in [2.75, 3.05) is 6.61 Å². The van der Waals surface area contributed by atoms with Gasteiger partial charge < -0.3 is 9.84 Å². The van der Waals surface area contributed by atoms with E-state index in [0.29, 0.717) is 0 Å². The van der Waals surface area contributed by atoms with Crippen LogP contribution in [0.3, 0.4) is 0 Å². The molecule has 2 saturated heterocycles. The largest absolute Gasteiger partial charge is 0.390 e. The second-order valence-electron chi connectivity index (χ2n) is 3.46. The molecular weight excluding hydrogens is 128 g/mol. The summed E-state index contributed by atoms with van der Waals surface area (Å²) >= 11 is 0. The molecule has 3 rings (SSSR count). The van der Waals surface area contributed by atoms with E-state index in [1.54, 1.807) is 0 Å². The molecule has 0 spiro atoms. The lowest BCUT2D eigenvalue weighted by Crippen LogP contribution is -2.30. The molecule has 2 nitrogen and oxygen atoms in total. The molecule has 1 N–H and O–H groups in total. The zero-order valence-corrected chi connectivity index (χ0v) is 6.12. The van der Waals surface area contributed by atoms with E-state index >= 15 is 0 Å². The van der Waals surface area contributed by atoms with Crippen molar-refractivity contribution in [1.82, 2.24) is 0 Å². The lowest BCUT2D eigenvalue weighted by Gasteiger charge is -2.25. The maximum Gasteiger partial charge on any atom is 0.0834 e. The van der Waals surface area contributed by atoms with Crippen molar-refractivity contribution in [2.24, 2.45) is 5.92 Å². The fourth-order valence-electron chi connectivity index (χ4n) is 1.95. The van der Waals surface area contributed by atoms with Crippen molar-refractivity contribution in [3.63, 3.8) is 0 Å². The van der Waals surface area contributed by atoms with Gasteiger partial charge in [-0.1, -0.05) is 0 Å². The Bertz CT molecular complexity index is 116. The van der Waals surface area contributed by atoms with E-state index in [0.717, 1.165) is 31.8 Å². The molecule has 3 atom stereocenters. The highest BCUT2D eigenvalue weighted by Crippen LogP contribution is 2.30. The van der Waals surface area contributed by atoms with Crippen LogP contribution < -0.4 is 0 Å². The van der Waals surface area contributed by atoms with Crippen LogP contribution in [0.15, 0.2) is 0 Å². The SMILES string of the molecule is OC1CCC2CCC1OC2. The van der Waals surface area contributed by atoms with E-state index in [2.05, 4.69) is 0 Å². The summed E-state index contributed by atoms with van der Waals surface area (Å²) < 4.78 is 5.46. The molecule has 3 aliphatic rings. The number of hydrogen-bond donors (Lipinski definition) is 1. The van der Waals surface area contributed by atoms with Crippen molar-refractivity contribution < 1.29 is 9.84 Å². The summed E-state index contributed by atoms with van der Waals surface area (Å²) in [6, 6.07) is 0. The summed E-state index contributed by atoms with van der Waals surface area (Å²) in [4.78, 5) is 0. The zero-order chi connectivity index (χ0) is 6.97. The number of ether oxygens (including phenoxy) is 1. The summed E-state index contributed by atoms with van der Waals surface area (Å²) in [5.74, 6) is 0.744. The molecule has 0 aromatic rings. The molecule has 58 valence electrons. The lowest BCUT2D eigenvalue weighted by atomic mass is 10.00. The van der Waals surface area contributed by atoms with E-state index < -0.39 is 0 Å². The average Bonchev–Trinajstić information content (AvgIpc) is 2.24. The third-order valence-electron chi connectivity index (χ3n) is 2.71. The highest BCUT2D eigenvalue weighted by atomic mass is 16.5. The molecule has 1 aliphatic carbocycles. The van der Waals surface area contributed by atoms with E-state index in [9.17, 15) is 5.11 Å². The van der Waals surface area contributed by atoms with Crippen LogP contribution in [0.5, 0.6) is 0 Å². The van der Waals surface area contributed by atoms with E-state index in [1.807, 2.05) is 0 Å². The summed E-state index contributed by atoms with van der Waals surface area (Å²) in [6.45, 7) is 0.891. The summed E-state index contributed by atoms with van der Waals surface area (Å²) in [5, 5.41) is 9.45. The van der Waals surface area contributed by atoms with Crippen LogP contribution in [0.2, 0.25) is 0 Å². The van der Waals surface area contributed by atoms with E-state index in [1.165, 1.54) is 6.42 Å². The third-order valence-corrected chi connectivity index (χ3v) is 2.71. The first-order valence-electron chi connectivity index (χ1n) is 4.16. The van der Waals surface area contributed by atoms with E-state index in [4.69, 9.17) is 4.74 Å². The quantitative estimate of drug-likeness (QED) is 0.545. The summed E-state index contributed by atoms with van der Waals surface area (Å²) in [6.07, 6.45) is 4.45. The molecule has 2 bridgehead atoms. The maximum absolute atomic E-state index is 9.45. The Morgan fingerprint density at radius 2 is 1.90 bits per heavy atom. The fraction of sp³-hybridized carbons (Fsp3) is 1.00. The minimum Gasteiger partial charge on any atom is -0.390 e. The Morgan fingerprint density at radius 3 is 2.60 bits per heavy atom. The van der Waals surface area contributed by atoms with Crippen LogP contribution in [0.4, 0.5) is 0 Å². The number of aliphatic hydroxyl groups excluding tert-OH is 1. The Kier molecular flexibility index (Phi) is 1.66. The van der Waals surface area contributed by atoms with Gasteiger partial charge in [0.1, 0.15) is 0 Å². The number of hydrogen-bond acceptors (Lipinski definition) is 2. The van der Waals surface area contributed by atoms with Crippen LogP contribution in [0, 0.1) is 5.92 Å². The summed E-state index contributed by atoms with van der Waals surface area (Å²) in [5.41, 5.74) is 0. The Morgan fingerprint density at radius 1 is 1.10 bits per heavy atom. The maximum atomic E-state index is 9.45. The monoisotopic (exact) mass is 142 g/mol. The molecule has 10 heavy (non-hydrogen) atoms. The van der Waals surface area contributed by atoms with Gasteiger partial charge in [-0.3, -0.25) is 0 Å². The molecule has 0 aromatic heterocycles. The summed E-state index contributed by atoms with van der Waals surface area (Å²) in [7, 11) is 0. The predicted molar refractivity (Wildman–Crippen MR) is 37.7 cm³/mol. The van der Waals surface area contributed by atoms with Crippen LogP contribution in [0.1, 0.15) is 25.7 Å². The minimum absolute atomic E-state index is 0.166. The smallest absolute Gasteiger partial charge is 0.0834 e. The van der Waals surface area contributed by atoms with Gasteiger partial charge in [-0.2, -0.15) is 0 Å². The Labute approximate surface area is 61.2 Å². The number of fused-ring (bicyclic) bond motifs is 4. The topological polar surface area (TPSA) is 29.5 Å². The Balaban J connectivity index is 2.07. The highest BCUT2D eigenvalue weighted by Gasteiger charge is 2.31. The Hall–Kier alpha value is -0.0800. The lowest BCUT2D eigenvalue weighted by molar-refractivity contribution is -0.0580. The van der Waals surface area contributed by atoms with Crippen LogP contribution in [-0.4, -0.2) is 23.9 Å². The first-order chi connectivity index (χ1) is 4.86. The standard InChI is InChI=1S/C8H14O2/c9-7-3-1-6-2-4-8(7)10-5-6/h6-9H,1-5H2. The highest BCUT2D eigenvalue weighted by molar-refractivity contribution is 4.81. The minimum atomic E-state index is -0.174. The molecule has 2 aliphatic heterocycles. The first-order valence-corrected chi connectivity index (χ1v) is 4.16. The molecule has 3 fully saturated rings. The average molecular weight is 142 g/mol. The van der Waals surface area contributed by atoms with Gasteiger partial charge >= 0.3 is 0 Å². The molecule has 0 amide bonds. The fourth-order valence-corrected chi connectivity index (χ4v) is 1.95. The van der Waals surface area contributed by atoms with Crippen molar-refractivity contribution in [3.8, 4) is 0 Å². The van der Waals surface area contributed by atoms with Crippen molar-refractivity contribution >= 4 is 0 Å². The molecule has 0 aromatic carbocycles. The molecule has 2 heteroatoms. The van der Waals surface area contributed by atoms with Gasteiger partial charge in [0.25, 0.3) is 0 Å². The molecule has 2 heterocycles. The van der Waals surface area contributed by atoms with Gasteiger partial charge in [-0.15, -0.1) is 0 Å². The van der Waals surface area contributed by atoms with Crippen molar-refractivity contribution in [1.29, 1.82) is 0 Å².